The second-order valence-electron chi connectivity index (χ2n) is 11.4. The van der Waals surface area contributed by atoms with Gasteiger partial charge in [-0.3, -0.25) is 9.36 Å². The molecule has 0 aliphatic carbocycles. The van der Waals surface area contributed by atoms with Gasteiger partial charge >= 0.3 is 5.97 Å². The molecule has 0 spiro atoms. The van der Waals surface area contributed by atoms with Gasteiger partial charge in [-0.15, -0.1) is 0 Å². The number of hydrogen-bond acceptors (Lipinski definition) is 7. The molecule has 0 bridgehead atoms. The number of esters is 1. The molecule has 3 heterocycles. The zero-order chi connectivity index (χ0) is 34.1. The van der Waals surface area contributed by atoms with E-state index in [9.17, 15) is 9.59 Å². The molecule has 1 aliphatic rings. The summed E-state index contributed by atoms with van der Waals surface area (Å²) in [6.07, 6.45) is 4.00. The smallest absolute Gasteiger partial charge is 0.338 e. The van der Waals surface area contributed by atoms with E-state index in [1.54, 1.807) is 37.8 Å². The molecule has 0 radical (unpaired) electrons. The largest absolute Gasteiger partial charge is 0.493 e. The van der Waals surface area contributed by atoms with Crippen molar-refractivity contribution >= 4 is 55.9 Å². The number of carbonyl (C=O) groups is 1. The Hall–Kier alpha value is -5.19. The Morgan fingerprint density at radius 3 is 2.41 bits per heavy atom. The highest BCUT2D eigenvalue weighted by atomic mass is 79.9. The number of methoxy groups -OCH3 is 2. The van der Waals surface area contributed by atoms with Crippen LogP contribution in [0.25, 0.3) is 22.7 Å². The van der Waals surface area contributed by atoms with Crippen molar-refractivity contribution in [1.29, 1.82) is 0 Å². The Morgan fingerprint density at radius 1 is 0.939 bits per heavy atom. The third-order valence-corrected chi connectivity index (χ3v) is 9.98. The predicted molar refractivity (Wildman–Crippen MR) is 196 cm³/mol. The summed E-state index contributed by atoms with van der Waals surface area (Å²) >= 11 is 4.81. The van der Waals surface area contributed by atoms with Gasteiger partial charge in [-0.2, -0.15) is 0 Å². The van der Waals surface area contributed by atoms with Gasteiger partial charge in [0, 0.05) is 39.2 Å². The van der Waals surface area contributed by atoms with Crippen LogP contribution in [0.2, 0.25) is 0 Å². The number of ether oxygens (including phenoxy) is 3. The van der Waals surface area contributed by atoms with E-state index in [1.165, 1.54) is 11.3 Å². The second kappa shape index (κ2) is 13.7. The molecule has 1 atom stereocenters. The Balaban J connectivity index is 1.46. The molecule has 0 fully saturated rings. The molecule has 0 N–H and O–H groups in total. The molecule has 0 amide bonds. The first-order valence-corrected chi connectivity index (χ1v) is 17.3. The summed E-state index contributed by atoms with van der Waals surface area (Å²) in [6, 6.07) is 30.5. The molecule has 1 aliphatic heterocycles. The fourth-order valence-electron chi connectivity index (χ4n) is 6.23. The highest BCUT2D eigenvalue weighted by molar-refractivity contribution is 9.10. The van der Waals surface area contributed by atoms with Gasteiger partial charge in [-0.25, -0.2) is 9.79 Å². The van der Waals surface area contributed by atoms with Crippen LogP contribution in [0.1, 0.15) is 35.2 Å². The Morgan fingerprint density at radius 2 is 1.67 bits per heavy atom. The number of rotatable bonds is 9. The molecule has 4 aromatic carbocycles. The van der Waals surface area contributed by atoms with E-state index >= 15 is 0 Å². The number of halogens is 1. The van der Waals surface area contributed by atoms with Crippen LogP contribution >= 0.6 is 27.3 Å². The number of aromatic nitrogens is 2. The van der Waals surface area contributed by atoms with Gasteiger partial charge in [-0.1, -0.05) is 94.0 Å². The van der Waals surface area contributed by atoms with Crippen LogP contribution in [0.3, 0.4) is 0 Å². The summed E-state index contributed by atoms with van der Waals surface area (Å²) in [7, 11) is 3.12. The van der Waals surface area contributed by atoms with E-state index in [1.807, 2.05) is 66.7 Å². The number of nitrogens with zero attached hydrogens (tertiary/aromatic N) is 3. The minimum atomic E-state index is -0.841. The topological polar surface area (TPSA) is 84.1 Å². The quantitative estimate of drug-likeness (QED) is 0.154. The zero-order valence-corrected chi connectivity index (χ0v) is 29.5. The average molecular weight is 735 g/mol. The summed E-state index contributed by atoms with van der Waals surface area (Å²) in [5.74, 6) is 0.459. The van der Waals surface area contributed by atoms with Crippen molar-refractivity contribution in [3.63, 3.8) is 0 Å². The first kappa shape index (κ1) is 32.4. The molecule has 49 heavy (non-hydrogen) atoms. The average Bonchev–Trinajstić information content (AvgIpc) is 3.64. The van der Waals surface area contributed by atoms with Crippen LogP contribution in [-0.4, -0.2) is 35.9 Å². The lowest BCUT2D eigenvalue weighted by Crippen LogP contribution is -2.40. The molecule has 0 unspecified atom stereocenters. The fourth-order valence-corrected chi connectivity index (χ4v) is 7.48. The molecule has 8 nitrogen and oxygen atoms in total. The maximum Gasteiger partial charge on any atom is 0.338 e. The van der Waals surface area contributed by atoms with Gasteiger partial charge in [0.15, 0.2) is 16.3 Å². The van der Waals surface area contributed by atoms with Gasteiger partial charge < -0.3 is 18.8 Å². The molecule has 2 aromatic heterocycles. The lowest BCUT2D eigenvalue weighted by molar-refractivity contribution is -0.138. The van der Waals surface area contributed by atoms with E-state index < -0.39 is 12.0 Å². The first-order valence-electron chi connectivity index (χ1n) is 15.7. The summed E-state index contributed by atoms with van der Waals surface area (Å²) in [5.41, 5.74) is 4.99. The number of carbonyl (C=O) groups excluding carboxylic acids is 1. The Kier molecular flexibility index (Phi) is 9.07. The van der Waals surface area contributed by atoms with Gasteiger partial charge in [0.1, 0.15) is 0 Å². The lowest BCUT2D eigenvalue weighted by atomic mass is 9.93. The Bertz CT molecular complexity index is 2410. The van der Waals surface area contributed by atoms with E-state index in [-0.39, 0.29) is 17.7 Å². The fraction of sp³-hybridized carbons (Fsp3) is 0.154. The van der Waals surface area contributed by atoms with Crippen molar-refractivity contribution in [3.8, 4) is 11.5 Å². The van der Waals surface area contributed by atoms with Gasteiger partial charge in [0.05, 0.1) is 42.7 Å². The SMILES string of the molecule is CCOC(=O)C1=C(c2ccccc2)N=c2s/c(=C\c3cn(Cc4ccc(Br)cc4)c4ccccc34)c(=O)n2[C@@H]1c1ccc(OC)c(OC)c1. The summed E-state index contributed by atoms with van der Waals surface area (Å²) in [5, 5.41) is 1.03. The van der Waals surface area contributed by atoms with E-state index in [4.69, 9.17) is 19.2 Å². The lowest BCUT2D eigenvalue weighted by Gasteiger charge is -2.26. The highest BCUT2D eigenvalue weighted by Crippen LogP contribution is 2.38. The van der Waals surface area contributed by atoms with Crippen molar-refractivity contribution in [2.75, 3.05) is 20.8 Å². The van der Waals surface area contributed by atoms with Crippen LogP contribution in [0.15, 0.2) is 123 Å². The number of thiazole rings is 1. The molecule has 6 aromatic rings. The van der Waals surface area contributed by atoms with Crippen LogP contribution in [0.5, 0.6) is 11.5 Å². The summed E-state index contributed by atoms with van der Waals surface area (Å²) < 4.78 is 22.1. The number of fused-ring (bicyclic) bond motifs is 2. The van der Waals surface area contributed by atoms with Gasteiger partial charge in [-0.05, 0) is 54.5 Å². The normalized spacial score (nSPS) is 14.4. The van der Waals surface area contributed by atoms with Crippen LogP contribution in [-0.2, 0) is 16.1 Å². The minimum absolute atomic E-state index is 0.164. The van der Waals surface area contributed by atoms with Gasteiger partial charge in [0.25, 0.3) is 5.56 Å². The molecule has 0 saturated heterocycles. The monoisotopic (exact) mass is 733 g/mol. The maximum atomic E-state index is 14.6. The van der Waals surface area contributed by atoms with Crippen molar-refractivity contribution in [3.05, 3.63) is 155 Å². The number of para-hydroxylation sites is 1. The predicted octanol–water partition coefficient (Wildman–Crippen LogP) is 6.72. The van der Waals surface area contributed by atoms with Crippen molar-refractivity contribution in [2.45, 2.75) is 19.5 Å². The summed E-state index contributed by atoms with van der Waals surface area (Å²) in [6.45, 7) is 2.60. The number of hydrogen-bond donors (Lipinski definition) is 0. The maximum absolute atomic E-state index is 14.6. The van der Waals surface area contributed by atoms with E-state index in [2.05, 4.69) is 51.0 Å². The minimum Gasteiger partial charge on any atom is -0.493 e. The molecule has 7 rings (SSSR count). The van der Waals surface area contributed by atoms with Crippen molar-refractivity contribution < 1.29 is 19.0 Å². The highest BCUT2D eigenvalue weighted by Gasteiger charge is 2.35. The van der Waals surface area contributed by atoms with E-state index in [0.717, 1.165) is 32.1 Å². The van der Waals surface area contributed by atoms with Crippen LogP contribution < -0.4 is 24.4 Å². The molecule has 246 valence electrons. The molecule has 10 heteroatoms. The molecular weight excluding hydrogens is 702 g/mol. The van der Waals surface area contributed by atoms with E-state index in [0.29, 0.717) is 38.6 Å². The standard InChI is InChI=1S/C39H32BrN3O5S/c1-4-48-38(45)34-35(25-10-6-5-7-11-25)41-39-43(36(34)26-16-19-31(46-2)32(20-26)47-3)37(44)33(49-39)21-27-23-42(30-13-9-8-12-29(27)30)22-24-14-17-28(40)18-15-24/h5-21,23,36H,4,22H2,1-3H3/b33-21-/t36-/m1/s1. The van der Waals surface area contributed by atoms with Crippen LogP contribution in [0.4, 0.5) is 0 Å². The Labute approximate surface area is 295 Å². The zero-order valence-electron chi connectivity index (χ0n) is 27.1. The number of benzene rings is 4. The first-order chi connectivity index (χ1) is 23.9. The molecular formula is C39H32BrN3O5S. The van der Waals surface area contributed by atoms with Gasteiger partial charge in [0.2, 0.25) is 0 Å². The third-order valence-electron chi connectivity index (χ3n) is 8.47. The van der Waals surface area contributed by atoms with Crippen molar-refractivity contribution in [1.82, 2.24) is 9.13 Å². The summed E-state index contributed by atoms with van der Waals surface area (Å²) in [4.78, 5) is 33.9. The second-order valence-corrected chi connectivity index (χ2v) is 13.3. The molecule has 0 saturated carbocycles. The third kappa shape index (κ3) is 6.13. The van der Waals surface area contributed by atoms with Crippen LogP contribution in [0, 0.1) is 0 Å². The van der Waals surface area contributed by atoms with Crippen molar-refractivity contribution in [2.24, 2.45) is 4.99 Å².